The quantitative estimate of drug-likeness (QED) is 0.173. The lowest BCUT2D eigenvalue weighted by atomic mass is 9.82. The van der Waals surface area contributed by atoms with Crippen molar-refractivity contribution < 1.29 is 0 Å². The number of hydrogen-bond donors (Lipinski definition) is 0. The Labute approximate surface area is 321 Å². The van der Waals surface area contributed by atoms with E-state index < -0.39 is 0 Å². The van der Waals surface area contributed by atoms with Crippen molar-refractivity contribution in [3.63, 3.8) is 0 Å². The normalized spacial score (nSPS) is 12.7. The first-order chi connectivity index (χ1) is 27.0. The highest BCUT2D eigenvalue weighted by molar-refractivity contribution is 5.96. The van der Waals surface area contributed by atoms with Crippen molar-refractivity contribution in [2.75, 3.05) is 0 Å². The van der Waals surface area contributed by atoms with Crippen molar-refractivity contribution in [3.05, 3.63) is 199 Å². The Kier molecular flexibility index (Phi) is 7.81. The molecule has 3 nitrogen and oxygen atoms in total. The second-order valence-electron chi connectivity index (χ2n) is 14.9. The van der Waals surface area contributed by atoms with Gasteiger partial charge in [-0.05, 0) is 90.7 Å². The zero-order valence-electron chi connectivity index (χ0n) is 30.7. The van der Waals surface area contributed by atoms with Gasteiger partial charge in [0.05, 0.1) is 0 Å². The summed E-state index contributed by atoms with van der Waals surface area (Å²) < 4.78 is 0. The molecule has 0 saturated heterocycles. The average Bonchev–Trinajstić information content (AvgIpc) is 3.50. The van der Waals surface area contributed by atoms with Gasteiger partial charge in [-0.1, -0.05) is 178 Å². The minimum absolute atomic E-state index is 0.0400. The summed E-state index contributed by atoms with van der Waals surface area (Å²) in [5.74, 6) is 1.92. The molecule has 0 spiro atoms. The number of aromatic nitrogens is 3. The van der Waals surface area contributed by atoms with E-state index in [0.717, 1.165) is 44.3 Å². The highest BCUT2D eigenvalue weighted by Gasteiger charge is 2.36. The Bertz CT molecular complexity index is 2790. The molecule has 1 heterocycles. The Hall–Kier alpha value is -6.97. The number of hydrogen-bond acceptors (Lipinski definition) is 3. The highest BCUT2D eigenvalue weighted by Crippen LogP contribution is 2.52. The van der Waals surface area contributed by atoms with E-state index in [2.05, 4.69) is 190 Å². The molecule has 0 atom stereocenters. The van der Waals surface area contributed by atoms with Gasteiger partial charge in [-0.15, -0.1) is 0 Å². The van der Waals surface area contributed by atoms with Crippen LogP contribution in [0.5, 0.6) is 0 Å². The van der Waals surface area contributed by atoms with E-state index in [9.17, 15) is 0 Å². The molecule has 0 unspecified atom stereocenters. The summed E-state index contributed by atoms with van der Waals surface area (Å²) >= 11 is 0. The number of nitrogens with zero attached hydrogens (tertiary/aromatic N) is 3. The minimum Gasteiger partial charge on any atom is -0.208 e. The van der Waals surface area contributed by atoms with Crippen LogP contribution in [0.2, 0.25) is 0 Å². The van der Waals surface area contributed by atoms with Crippen LogP contribution in [0.15, 0.2) is 188 Å². The van der Waals surface area contributed by atoms with Crippen molar-refractivity contribution >= 4 is 10.8 Å². The van der Waals surface area contributed by atoms with E-state index in [0.29, 0.717) is 17.5 Å². The first-order valence-electron chi connectivity index (χ1n) is 18.9. The molecule has 0 saturated carbocycles. The van der Waals surface area contributed by atoms with Crippen molar-refractivity contribution in [3.8, 4) is 78.7 Å². The standard InChI is InChI=1S/C52H37N3/c1-52(2)46-24-10-9-22-45(46)48-44(23-13-25-47(48)52)40-28-26-39-33-43(29-27-38(39)30-40)51-54-49(41-20-11-18-36(31-41)34-14-5-3-6-15-34)53-50(55-51)42-21-12-19-37(32-42)35-16-7-4-8-17-35/h3-33H,1-2H3. The molecule has 260 valence electrons. The van der Waals surface area contributed by atoms with Crippen LogP contribution in [0.4, 0.5) is 0 Å². The van der Waals surface area contributed by atoms with Crippen LogP contribution in [-0.4, -0.2) is 15.0 Å². The van der Waals surface area contributed by atoms with Crippen molar-refractivity contribution in [1.82, 2.24) is 15.0 Å². The molecule has 1 aliphatic rings. The maximum Gasteiger partial charge on any atom is 0.164 e. The molecule has 0 fully saturated rings. The van der Waals surface area contributed by atoms with Gasteiger partial charge < -0.3 is 0 Å². The fourth-order valence-electron chi connectivity index (χ4n) is 8.25. The molecule has 0 bridgehead atoms. The molecular formula is C52H37N3. The van der Waals surface area contributed by atoms with Crippen molar-refractivity contribution in [2.45, 2.75) is 19.3 Å². The van der Waals surface area contributed by atoms with Gasteiger partial charge in [0.2, 0.25) is 0 Å². The third kappa shape index (κ3) is 5.82. The van der Waals surface area contributed by atoms with Crippen LogP contribution >= 0.6 is 0 Å². The van der Waals surface area contributed by atoms with E-state index in [1.54, 1.807) is 0 Å². The monoisotopic (exact) mass is 703 g/mol. The highest BCUT2D eigenvalue weighted by atomic mass is 15.0. The fourth-order valence-corrected chi connectivity index (χ4v) is 8.25. The van der Waals surface area contributed by atoms with E-state index in [1.807, 2.05) is 12.1 Å². The zero-order chi connectivity index (χ0) is 36.9. The maximum absolute atomic E-state index is 5.14. The fraction of sp³-hybridized carbons (Fsp3) is 0.0577. The van der Waals surface area contributed by atoms with Crippen LogP contribution in [0.25, 0.3) is 89.4 Å². The summed E-state index contributed by atoms with van der Waals surface area (Å²) in [7, 11) is 0. The molecule has 10 rings (SSSR count). The number of benzene rings is 8. The first kappa shape index (κ1) is 32.7. The predicted molar refractivity (Wildman–Crippen MR) is 228 cm³/mol. The number of rotatable bonds is 6. The SMILES string of the molecule is CC1(C)c2ccccc2-c2c(-c3ccc4cc(-c5nc(-c6cccc(-c7ccccc7)c6)nc(-c6cccc(-c7ccccc7)c6)n5)ccc4c3)cccc21. The van der Waals surface area contributed by atoms with E-state index in [-0.39, 0.29) is 5.41 Å². The molecular weight excluding hydrogens is 667 g/mol. The smallest absolute Gasteiger partial charge is 0.164 e. The predicted octanol–water partition coefficient (Wildman–Crippen LogP) is 13.3. The number of fused-ring (bicyclic) bond motifs is 4. The van der Waals surface area contributed by atoms with Gasteiger partial charge in [-0.3, -0.25) is 0 Å². The topological polar surface area (TPSA) is 38.7 Å². The van der Waals surface area contributed by atoms with Crippen LogP contribution in [0.1, 0.15) is 25.0 Å². The van der Waals surface area contributed by atoms with Gasteiger partial charge in [0.15, 0.2) is 17.5 Å². The Morgan fingerprint density at radius 2 is 0.727 bits per heavy atom. The van der Waals surface area contributed by atoms with Gasteiger partial charge in [-0.25, -0.2) is 15.0 Å². The molecule has 0 aliphatic heterocycles. The first-order valence-corrected chi connectivity index (χ1v) is 18.9. The summed E-state index contributed by atoms with van der Waals surface area (Å²) in [6.07, 6.45) is 0. The van der Waals surface area contributed by atoms with Crippen LogP contribution in [0, 0.1) is 0 Å². The summed E-state index contributed by atoms with van der Waals surface area (Å²) in [6.45, 7) is 4.67. The maximum atomic E-state index is 5.14. The summed E-state index contributed by atoms with van der Waals surface area (Å²) in [5.41, 5.74) is 15.2. The van der Waals surface area contributed by atoms with Gasteiger partial charge in [0.25, 0.3) is 0 Å². The molecule has 0 amide bonds. The largest absolute Gasteiger partial charge is 0.208 e. The molecule has 0 N–H and O–H groups in total. The molecule has 8 aromatic carbocycles. The van der Waals surface area contributed by atoms with E-state index in [1.165, 1.54) is 38.8 Å². The molecule has 1 aromatic heterocycles. The van der Waals surface area contributed by atoms with Gasteiger partial charge in [-0.2, -0.15) is 0 Å². The van der Waals surface area contributed by atoms with Gasteiger partial charge in [0, 0.05) is 22.1 Å². The molecule has 55 heavy (non-hydrogen) atoms. The summed E-state index contributed by atoms with van der Waals surface area (Å²) in [4.78, 5) is 15.4. The Balaban J connectivity index is 1.08. The molecule has 1 aliphatic carbocycles. The molecule has 0 radical (unpaired) electrons. The van der Waals surface area contributed by atoms with E-state index >= 15 is 0 Å². The van der Waals surface area contributed by atoms with Gasteiger partial charge >= 0.3 is 0 Å². The van der Waals surface area contributed by atoms with Crippen molar-refractivity contribution in [1.29, 1.82) is 0 Å². The molecule has 9 aromatic rings. The lowest BCUT2D eigenvalue weighted by Crippen LogP contribution is -2.14. The Morgan fingerprint density at radius 3 is 1.33 bits per heavy atom. The Morgan fingerprint density at radius 1 is 0.309 bits per heavy atom. The van der Waals surface area contributed by atoms with E-state index in [4.69, 9.17) is 15.0 Å². The molecule has 3 heteroatoms. The lowest BCUT2D eigenvalue weighted by molar-refractivity contribution is 0.660. The summed E-state index contributed by atoms with van der Waals surface area (Å²) in [6, 6.07) is 66.7. The van der Waals surface area contributed by atoms with Crippen LogP contribution in [-0.2, 0) is 5.41 Å². The zero-order valence-corrected chi connectivity index (χ0v) is 30.7. The third-order valence-electron chi connectivity index (χ3n) is 11.1. The summed E-state index contributed by atoms with van der Waals surface area (Å²) in [5, 5.41) is 2.31. The average molecular weight is 704 g/mol. The minimum atomic E-state index is -0.0400. The van der Waals surface area contributed by atoms with Crippen LogP contribution in [0.3, 0.4) is 0 Å². The lowest BCUT2D eigenvalue weighted by Gasteiger charge is -2.21. The second-order valence-corrected chi connectivity index (χ2v) is 14.9. The van der Waals surface area contributed by atoms with Gasteiger partial charge in [0.1, 0.15) is 0 Å². The second kappa shape index (κ2) is 13.2. The van der Waals surface area contributed by atoms with Crippen molar-refractivity contribution in [2.24, 2.45) is 0 Å². The third-order valence-corrected chi connectivity index (χ3v) is 11.1. The van der Waals surface area contributed by atoms with Crippen LogP contribution < -0.4 is 0 Å².